The Morgan fingerprint density at radius 2 is 1.85 bits per heavy atom. The quantitative estimate of drug-likeness (QED) is 0.837. The second-order valence-electron chi connectivity index (χ2n) is 7.47. The largest absolute Gasteiger partial charge is 0.355 e. The third kappa shape index (κ3) is 3.95. The van der Waals surface area contributed by atoms with Crippen molar-refractivity contribution in [2.75, 3.05) is 42.6 Å². The van der Waals surface area contributed by atoms with E-state index >= 15 is 0 Å². The van der Waals surface area contributed by atoms with Crippen LogP contribution in [0.1, 0.15) is 29.9 Å². The van der Waals surface area contributed by atoms with Crippen molar-refractivity contribution < 1.29 is 4.79 Å². The number of nitrogens with zero attached hydrogens (tertiary/aromatic N) is 5. The van der Waals surface area contributed by atoms with Gasteiger partial charge in [-0.15, -0.1) is 0 Å². The Labute approximate surface area is 160 Å². The van der Waals surface area contributed by atoms with Crippen molar-refractivity contribution in [1.29, 1.82) is 0 Å². The number of fused-ring (bicyclic) bond motifs is 1. The molecule has 27 heavy (non-hydrogen) atoms. The highest BCUT2D eigenvalue weighted by atomic mass is 16.2. The maximum absolute atomic E-state index is 12.5. The van der Waals surface area contributed by atoms with Crippen LogP contribution in [0.25, 0.3) is 0 Å². The van der Waals surface area contributed by atoms with Crippen molar-refractivity contribution in [1.82, 2.24) is 14.9 Å². The van der Waals surface area contributed by atoms with Gasteiger partial charge in [0.25, 0.3) is 0 Å². The zero-order valence-electron chi connectivity index (χ0n) is 16.2. The summed E-state index contributed by atoms with van der Waals surface area (Å²) in [5, 5.41) is 0. The molecule has 2 aromatic rings. The average Bonchev–Trinajstić information content (AvgIpc) is 2.89. The summed E-state index contributed by atoms with van der Waals surface area (Å²) in [5.41, 5.74) is 3.37. The van der Waals surface area contributed by atoms with E-state index in [1.54, 1.807) is 0 Å². The van der Waals surface area contributed by atoms with Crippen LogP contribution in [0.2, 0.25) is 0 Å². The number of aryl methyl sites for hydroxylation is 3. The number of anilines is 2. The standard InChI is InChI=1S/C21H27N5O/c1-16-14-20(23-17(2)22-16)25-11-5-10-24(12-13-25)15-26-19-7-4-3-6-18(19)8-9-21(26)27/h3-4,6-7,14H,5,8-13,15H2,1-2H3. The highest BCUT2D eigenvalue weighted by Crippen LogP contribution is 2.28. The molecule has 0 aliphatic carbocycles. The second kappa shape index (κ2) is 7.64. The van der Waals surface area contributed by atoms with Gasteiger partial charge in [-0.3, -0.25) is 14.6 Å². The van der Waals surface area contributed by atoms with E-state index in [2.05, 4.69) is 44.0 Å². The van der Waals surface area contributed by atoms with Crippen LogP contribution in [0.3, 0.4) is 0 Å². The first-order valence-corrected chi connectivity index (χ1v) is 9.78. The van der Waals surface area contributed by atoms with Crippen molar-refractivity contribution in [3.8, 4) is 0 Å². The first-order chi connectivity index (χ1) is 13.1. The summed E-state index contributed by atoms with van der Waals surface area (Å²) in [7, 11) is 0. The van der Waals surface area contributed by atoms with E-state index in [9.17, 15) is 4.79 Å². The summed E-state index contributed by atoms with van der Waals surface area (Å²) in [6.45, 7) is 8.45. The molecular weight excluding hydrogens is 338 g/mol. The van der Waals surface area contributed by atoms with Crippen molar-refractivity contribution in [3.63, 3.8) is 0 Å². The second-order valence-corrected chi connectivity index (χ2v) is 7.47. The Kier molecular flexibility index (Phi) is 5.07. The van der Waals surface area contributed by atoms with Gasteiger partial charge in [0, 0.05) is 50.0 Å². The summed E-state index contributed by atoms with van der Waals surface area (Å²) in [5.74, 6) is 2.07. The zero-order chi connectivity index (χ0) is 18.8. The molecule has 6 nitrogen and oxygen atoms in total. The predicted octanol–water partition coefficient (Wildman–Crippen LogP) is 2.54. The molecule has 0 atom stereocenters. The van der Waals surface area contributed by atoms with E-state index in [0.29, 0.717) is 13.1 Å². The van der Waals surface area contributed by atoms with E-state index < -0.39 is 0 Å². The number of amides is 1. The Morgan fingerprint density at radius 3 is 2.70 bits per heavy atom. The molecule has 1 saturated heterocycles. The molecule has 0 spiro atoms. The molecule has 3 heterocycles. The normalized spacial score (nSPS) is 18.4. The molecule has 1 aromatic carbocycles. The van der Waals surface area contributed by atoms with Gasteiger partial charge >= 0.3 is 0 Å². The number of aromatic nitrogens is 2. The zero-order valence-corrected chi connectivity index (χ0v) is 16.2. The molecule has 4 rings (SSSR count). The summed E-state index contributed by atoms with van der Waals surface area (Å²) < 4.78 is 0. The number of hydrogen-bond donors (Lipinski definition) is 0. The van der Waals surface area contributed by atoms with E-state index in [-0.39, 0.29) is 5.91 Å². The van der Waals surface area contributed by atoms with Gasteiger partial charge in [-0.25, -0.2) is 9.97 Å². The third-order valence-corrected chi connectivity index (χ3v) is 5.40. The highest BCUT2D eigenvalue weighted by Gasteiger charge is 2.26. The molecule has 1 amide bonds. The summed E-state index contributed by atoms with van der Waals surface area (Å²) in [6.07, 6.45) is 2.52. The molecule has 2 aliphatic rings. The average molecular weight is 365 g/mol. The molecule has 1 aromatic heterocycles. The first kappa shape index (κ1) is 17.9. The van der Waals surface area contributed by atoms with Crippen LogP contribution in [0.5, 0.6) is 0 Å². The minimum absolute atomic E-state index is 0.233. The van der Waals surface area contributed by atoms with Crippen LogP contribution in [0.4, 0.5) is 11.5 Å². The fourth-order valence-electron chi connectivity index (χ4n) is 4.05. The monoisotopic (exact) mass is 365 g/mol. The predicted molar refractivity (Wildman–Crippen MR) is 107 cm³/mol. The lowest BCUT2D eigenvalue weighted by atomic mass is 10.0. The minimum Gasteiger partial charge on any atom is -0.355 e. The number of rotatable bonds is 3. The van der Waals surface area contributed by atoms with Gasteiger partial charge in [-0.05, 0) is 38.3 Å². The van der Waals surface area contributed by atoms with Gasteiger partial charge in [0.05, 0.1) is 6.67 Å². The lowest BCUT2D eigenvalue weighted by Gasteiger charge is -2.34. The summed E-state index contributed by atoms with van der Waals surface area (Å²) in [4.78, 5) is 28.2. The van der Waals surface area contributed by atoms with E-state index in [1.165, 1.54) is 5.56 Å². The Morgan fingerprint density at radius 1 is 1.00 bits per heavy atom. The molecule has 0 radical (unpaired) electrons. The molecule has 0 unspecified atom stereocenters. The van der Waals surface area contributed by atoms with E-state index in [4.69, 9.17) is 0 Å². The fourth-order valence-corrected chi connectivity index (χ4v) is 4.05. The maximum atomic E-state index is 12.5. The highest BCUT2D eigenvalue weighted by molar-refractivity contribution is 5.96. The molecule has 1 fully saturated rings. The van der Waals surface area contributed by atoms with Crippen LogP contribution in [0.15, 0.2) is 30.3 Å². The number of carbonyl (C=O) groups excluding carboxylic acids is 1. The van der Waals surface area contributed by atoms with Gasteiger partial charge in [0.15, 0.2) is 0 Å². The van der Waals surface area contributed by atoms with E-state index in [0.717, 1.165) is 62.0 Å². The molecule has 0 saturated carbocycles. The van der Waals surface area contributed by atoms with E-state index in [1.807, 2.05) is 24.8 Å². The van der Waals surface area contributed by atoms with Crippen LogP contribution >= 0.6 is 0 Å². The molecular formula is C21H27N5O. The van der Waals surface area contributed by atoms with Gasteiger partial charge in [-0.2, -0.15) is 0 Å². The smallest absolute Gasteiger partial charge is 0.228 e. The lowest BCUT2D eigenvalue weighted by Crippen LogP contribution is -2.45. The van der Waals surface area contributed by atoms with Crippen molar-refractivity contribution in [3.05, 3.63) is 47.4 Å². The SMILES string of the molecule is Cc1cc(N2CCCN(CN3C(=O)CCc4ccccc43)CC2)nc(C)n1. The number of hydrogen-bond acceptors (Lipinski definition) is 5. The van der Waals surface area contributed by atoms with Gasteiger partial charge in [0.1, 0.15) is 11.6 Å². The molecule has 2 aliphatic heterocycles. The van der Waals surface area contributed by atoms with Crippen LogP contribution in [-0.4, -0.2) is 53.6 Å². The minimum atomic E-state index is 0.233. The van der Waals surface area contributed by atoms with Gasteiger partial charge in [-0.1, -0.05) is 18.2 Å². The van der Waals surface area contributed by atoms with Crippen LogP contribution in [-0.2, 0) is 11.2 Å². The Balaban J connectivity index is 1.45. The Bertz CT molecular complexity index is 817. The third-order valence-electron chi connectivity index (χ3n) is 5.40. The molecule has 142 valence electrons. The Hall–Kier alpha value is -2.47. The van der Waals surface area contributed by atoms with Crippen molar-refractivity contribution in [2.24, 2.45) is 0 Å². The van der Waals surface area contributed by atoms with Crippen molar-refractivity contribution >= 4 is 17.4 Å². The van der Waals surface area contributed by atoms with Crippen LogP contribution < -0.4 is 9.80 Å². The summed E-state index contributed by atoms with van der Waals surface area (Å²) >= 11 is 0. The number of carbonyl (C=O) groups is 1. The maximum Gasteiger partial charge on any atom is 0.228 e. The molecule has 6 heteroatoms. The van der Waals surface area contributed by atoms with Gasteiger partial charge in [0.2, 0.25) is 5.91 Å². The van der Waals surface area contributed by atoms with Gasteiger partial charge < -0.3 is 4.90 Å². The topological polar surface area (TPSA) is 52.6 Å². The first-order valence-electron chi connectivity index (χ1n) is 9.78. The number of benzene rings is 1. The molecule has 0 bridgehead atoms. The lowest BCUT2D eigenvalue weighted by molar-refractivity contribution is -0.119. The summed E-state index contributed by atoms with van der Waals surface area (Å²) in [6, 6.07) is 10.4. The number of para-hydroxylation sites is 1. The van der Waals surface area contributed by atoms with Crippen molar-refractivity contribution in [2.45, 2.75) is 33.1 Å². The fraction of sp³-hybridized carbons (Fsp3) is 0.476. The molecule has 0 N–H and O–H groups in total. The van der Waals surface area contributed by atoms with Crippen LogP contribution in [0, 0.1) is 13.8 Å².